The van der Waals surface area contributed by atoms with Crippen molar-refractivity contribution in [2.45, 2.75) is 0 Å². The van der Waals surface area contributed by atoms with E-state index in [0.717, 1.165) is 0 Å². The van der Waals surface area contributed by atoms with Gasteiger partial charge in [0.15, 0.2) is 0 Å². The third-order valence-corrected chi connectivity index (χ3v) is 6.38. The van der Waals surface area contributed by atoms with Crippen LogP contribution in [0, 0.1) is 5.82 Å². The maximum absolute atomic E-state index is 13.3. The molecule has 2 aromatic rings. The number of phenolic OH excluding ortho intramolecular Hbond substituents is 1. The number of phenols is 1. The Morgan fingerprint density at radius 2 is 1.40 bits per heavy atom. The van der Waals surface area contributed by atoms with Gasteiger partial charge in [0.25, 0.3) is 0 Å². The summed E-state index contributed by atoms with van der Waals surface area (Å²) in [5, 5.41) is 13.0. The van der Waals surface area contributed by atoms with Gasteiger partial charge in [-0.3, -0.25) is 0 Å². The number of rotatable bonds is 2. The lowest BCUT2D eigenvalue weighted by Gasteiger charge is -2.15. The number of halogens is 6. The van der Waals surface area contributed by atoms with E-state index in [2.05, 4.69) is 85.0 Å². The molecule has 8 heteroatoms. The Bertz CT molecular complexity index is 669. The van der Waals surface area contributed by atoms with E-state index in [0.29, 0.717) is 33.7 Å². The third-order valence-electron chi connectivity index (χ3n) is 2.40. The Morgan fingerprint density at radius 3 is 1.95 bits per heavy atom. The second-order valence-corrected chi connectivity index (χ2v) is 7.90. The van der Waals surface area contributed by atoms with E-state index in [4.69, 9.17) is 0 Å². The molecule has 20 heavy (non-hydrogen) atoms. The summed E-state index contributed by atoms with van der Waals surface area (Å²) in [5.74, 6) is -0.249. The van der Waals surface area contributed by atoms with Crippen molar-refractivity contribution in [2.75, 3.05) is 5.32 Å². The molecule has 0 atom stereocenters. The van der Waals surface area contributed by atoms with Crippen LogP contribution in [0.1, 0.15) is 0 Å². The quantitative estimate of drug-likeness (QED) is 0.286. The summed E-state index contributed by atoms with van der Waals surface area (Å²) in [6, 6.07) is 4.45. The lowest BCUT2D eigenvalue weighted by atomic mass is 10.2. The van der Waals surface area contributed by atoms with Crippen LogP contribution in [0.25, 0.3) is 0 Å². The van der Waals surface area contributed by atoms with Crippen LogP contribution in [-0.2, 0) is 0 Å². The summed E-state index contributed by atoms with van der Waals surface area (Å²) in [6.07, 6.45) is 0. The van der Waals surface area contributed by atoms with Crippen molar-refractivity contribution in [1.82, 2.24) is 0 Å². The third kappa shape index (κ3) is 3.40. The highest BCUT2D eigenvalue weighted by atomic mass is 79.9. The van der Waals surface area contributed by atoms with E-state index >= 15 is 0 Å². The first-order chi connectivity index (χ1) is 9.31. The Morgan fingerprint density at radius 1 is 0.850 bits per heavy atom. The van der Waals surface area contributed by atoms with Gasteiger partial charge >= 0.3 is 0 Å². The lowest BCUT2D eigenvalue weighted by molar-refractivity contribution is 0.468. The van der Waals surface area contributed by atoms with Gasteiger partial charge in [0.2, 0.25) is 0 Å². The molecule has 0 aliphatic carbocycles. The Balaban J connectivity index is 2.51. The molecule has 0 spiro atoms. The number of hydrogen-bond donors (Lipinski definition) is 2. The molecular weight excluding hydrogens is 593 g/mol. The SMILES string of the molecule is Oc1c(Br)cc(Nc2c(Br)cc(F)cc2Br)c(Br)c1Br. The highest BCUT2D eigenvalue weighted by Crippen LogP contribution is 2.44. The van der Waals surface area contributed by atoms with E-state index in [-0.39, 0.29) is 11.6 Å². The lowest BCUT2D eigenvalue weighted by Crippen LogP contribution is -1.96. The number of anilines is 2. The van der Waals surface area contributed by atoms with Gasteiger partial charge in [0.1, 0.15) is 11.6 Å². The minimum Gasteiger partial charge on any atom is -0.506 e. The van der Waals surface area contributed by atoms with Crippen molar-refractivity contribution in [3.63, 3.8) is 0 Å². The second kappa shape index (κ2) is 6.64. The fourth-order valence-corrected chi connectivity index (χ4v) is 4.32. The Hall–Kier alpha value is 0.370. The molecule has 2 nitrogen and oxygen atoms in total. The smallest absolute Gasteiger partial charge is 0.145 e. The standard InChI is InChI=1S/C12H5Br5FNO/c13-5-1-4(18)2-6(14)11(5)19-8-3-7(15)12(20)10(17)9(8)16/h1-3,19-20H. The van der Waals surface area contributed by atoms with E-state index in [1.54, 1.807) is 6.07 Å². The van der Waals surface area contributed by atoms with Gasteiger partial charge in [-0.15, -0.1) is 0 Å². The van der Waals surface area contributed by atoms with Crippen molar-refractivity contribution >= 4 is 91.0 Å². The summed E-state index contributed by atoms with van der Waals surface area (Å²) in [4.78, 5) is 0. The molecular formula is C12H5Br5FNO. The molecule has 0 saturated carbocycles. The molecule has 0 fully saturated rings. The first kappa shape index (κ1) is 16.7. The van der Waals surface area contributed by atoms with Gasteiger partial charge in [-0.1, -0.05) is 0 Å². The van der Waals surface area contributed by atoms with Gasteiger partial charge in [-0.2, -0.15) is 0 Å². The van der Waals surface area contributed by atoms with Gasteiger partial charge < -0.3 is 10.4 Å². The highest BCUT2D eigenvalue weighted by molar-refractivity contribution is 9.13. The van der Waals surface area contributed by atoms with Crippen molar-refractivity contribution in [1.29, 1.82) is 0 Å². The maximum atomic E-state index is 13.3. The van der Waals surface area contributed by atoms with E-state index in [1.807, 2.05) is 0 Å². The normalized spacial score (nSPS) is 10.7. The monoisotopic (exact) mass is 593 g/mol. The average molecular weight is 598 g/mol. The molecule has 0 saturated heterocycles. The van der Waals surface area contributed by atoms with Crippen LogP contribution in [0.5, 0.6) is 5.75 Å². The van der Waals surface area contributed by atoms with Crippen LogP contribution in [-0.4, -0.2) is 5.11 Å². The number of aromatic hydroxyl groups is 1. The van der Waals surface area contributed by atoms with Crippen molar-refractivity contribution in [2.24, 2.45) is 0 Å². The zero-order chi connectivity index (χ0) is 15.0. The predicted molar refractivity (Wildman–Crippen MR) is 96.3 cm³/mol. The first-order valence-corrected chi connectivity index (χ1v) is 9.05. The van der Waals surface area contributed by atoms with Gasteiger partial charge in [-0.05, 0) is 97.8 Å². The van der Waals surface area contributed by atoms with Crippen LogP contribution in [0.3, 0.4) is 0 Å². The second-order valence-electron chi connectivity index (χ2n) is 3.75. The summed E-state index contributed by atoms with van der Waals surface area (Å²) in [7, 11) is 0. The summed E-state index contributed by atoms with van der Waals surface area (Å²) in [5.41, 5.74) is 1.38. The van der Waals surface area contributed by atoms with Gasteiger partial charge in [-0.25, -0.2) is 4.39 Å². The largest absolute Gasteiger partial charge is 0.506 e. The minimum atomic E-state index is -0.346. The molecule has 2 N–H and O–H groups in total. The zero-order valence-corrected chi connectivity index (χ0v) is 17.4. The van der Waals surface area contributed by atoms with E-state index in [9.17, 15) is 9.50 Å². The molecule has 0 aliphatic rings. The summed E-state index contributed by atoms with van der Waals surface area (Å²) >= 11 is 16.6. The van der Waals surface area contributed by atoms with Crippen LogP contribution in [0.15, 0.2) is 40.6 Å². The van der Waals surface area contributed by atoms with E-state index < -0.39 is 0 Å². The average Bonchev–Trinajstić information content (AvgIpc) is 2.37. The molecule has 106 valence electrons. The molecule has 2 aromatic carbocycles. The topological polar surface area (TPSA) is 32.3 Å². The number of benzene rings is 2. The molecule has 0 aromatic heterocycles. The number of nitrogens with one attached hydrogen (secondary N) is 1. The molecule has 0 bridgehead atoms. The molecule has 0 unspecified atom stereocenters. The maximum Gasteiger partial charge on any atom is 0.145 e. The molecule has 0 aliphatic heterocycles. The van der Waals surface area contributed by atoms with Crippen LogP contribution >= 0.6 is 79.6 Å². The van der Waals surface area contributed by atoms with Crippen molar-refractivity contribution in [3.8, 4) is 5.75 Å². The van der Waals surface area contributed by atoms with Gasteiger partial charge in [0.05, 0.1) is 24.8 Å². The first-order valence-electron chi connectivity index (χ1n) is 5.09. The van der Waals surface area contributed by atoms with Crippen molar-refractivity contribution in [3.05, 3.63) is 46.4 Å². The molecule has 2 rings (SSSR count). The molecule has 0 heterocycles. The zero-order valence-electron chi connectivity index (χ0n) is 9.45. The van der Waals surface area contributed by atoms with Gasteiger partial charge in [0, 0.05) is 8.95 Å². The Labute approximate surface area is 156 Å². The number of hydrogen-bond acceptors (Lipinski definition) is 2. The fourth-order valence-electron chi connectivity index (χ4n) is 1.47. The van der Waals surface area contributed by atoms with Crippen LogP contribution in [0.2, 0.25) is 0 Å². The summed E-state index contributed by atoms with van der Waals surface area (Å²) in [6.45, 7) is 0. The highest BCUT2D eigenvalue weighted by Gasteiger charge is 2.15. The molecule has 0 radical (unpaired) electrons. The van der Waals surface area contributed by atoms with Crippen molar-refractivity contribution < 1.29 is 9.50 Å². The summed E-state index contributed by atoms with van der Waals surface area (Å²) < 4.78 is 16.1. The van der Waals surface area contributed by atoms with E-state index in [1.165, 1.54) is 12.1 Å². The minimum absolute atomic E-state index is 0.0969. The Kier molecular flexibility index (Phi) is 5.56. The van der Waals surface area contributed by atoms with Crippen LogP contribution in [0.4, 0.5) is 15.8 Å². The predicted octanol–water partition coefficient (Wildman–Crippen LogP) is 7.09. The fraction of sp³-hybridized carbons (Fsp3) is 0. The van der Waals surface area contributed by atoms with Crippen LogP contribution < -0.4 is 5.32 Å². The molecule has 0 amide bonds.